The zero-order chi connectivity index (χ0) is 18.0. The fraction of sp³-hybridized carbons (Fsp3) is 0.368. The minimum atomic E-state index is -2.75. The van der Waals surface area contributed by atoms with Crippen LogP contribution in [-0.2, 0) is 25.6 Å². The molecule has 0 aromatic heterocycles. The maximum Gasteiger partial charge on any atom is 0.270 e. The van der Waals surface area contributed by atoms with Gasteiger partial charge < -0.3 is 16.4 Å². The molecule has 0 aliphatic carbocycles. The number of rotatable bonds is 6. The van der Waals surface area contributed by atoms with Crippen molar-refractivity contribution in [3.8, 4) is 0 Å². The van der Waals surface area contributed by atoms with Gasteiger partial charge in [-0.15, -0.1) is 0 Å². The molecule has 0 fully saturated rings. The number of nitrogens with one attached hydrogen (secondary N) is 2. The second-order valence-electron chi connectivity index (χ2n) is 5.67. The number of alkyl halides is 2. The van der Waals surface area contributed by atoms with Crippen LogP contribution in [0.5, 0.6) is 0 Å². The van der Waals surface area contributed by atoms with E-state index in [-0.39, 0.29) is 5.56 Å². The lowest BCUT2D eigenvalue weighted by atomic mass is 10.1. The van der Waals surface area contributed by atoms with E-state index in [9.17, 15) is 8.78 Å². The average molecular weight is 335 g/mol. The molecule has 2 rings (SSSR count). The molecule has 0 unspecified atom stereocenters. The van der Waals surface area contributed by atoms with E-state index in [1.54, 1.807) is 13.1 Å². The Morgan fingerprint density at radius 3 is 1.88 bits per heavy atom. The second-order valence-corrected chi connectivity index (χ2v) is 5.67. The number of hydrogen-bond acceptors (Lipinski definition) is 3. The summed E-state index contributed by atoms with van der Waals surface area (Å²) < 4.78 is 25.7. The van der Waals surface area contributed by atoms with Crippen molar-refractivity contribution in [2.24, 2.45) is 5.73 Å². The molecule has 0 heterocycles. The number of halogens is 2. The summed E-state index contributed by atoms with van der Waals surface area (Å²) in [5.41, 5.74) is 8.92. The van der Waals surface area contributed by atoms with Gasteiger partial charge in [-0.2, -0.15) is 0 Å². The van der Waals surface area contributed by atoms with Gasteiger partial charge in [-0.05, 0) is 36.9 Å². The third kappa shape index (κ3) is 7.17. The van der Waals surface area contributed by atoms with Crippen LogP contribution < -0.4 is 16.4 Å². The maximum atomic E-state index is 12.9. The third-order valence-electron chi connectivity index (χ3n) is 3.42. The molecule has 0 spiro atoms. The molecule has 2 aromatic rings. The molecule has 0 amide bonds. The van der Waals surface area contributed by atoms with Gasteiger partial charge in [-0.25, -0.2) is 8.78 Å². The molecule has 2 aromatic carbocycles. The predicted octanol–water partition coefficient (Wildman–Crippen LogP) is 3.38. The van der Waals surface area contributed by atoms with E-state index >= 15 is 0 Å². The summed E-state index contributed by atoms with van der Waals surface area (Å²) in [5, 5.41) is 6.01. The van der Waals surface area contributed by atoms with Crippen LogP contribution in [0.1, 0.15) is 29.2 Å². The largest absolute Gasteiger partial charge is 0.326 e. The van der Waals surface area contributed by atoms with Crippen LogP contribution in [0.15, 0.2) is 48.5 Å². The lowest BCUT2D eigenvalue weighted by Crippen LogP contribution is -2.09. The van der Waals surface area contributed by atoms with E-state index in [1.807, 2.05) is 25.2 Å². The number of nitrogens with two attached hydrogens (primary N) is 1. The van der Waals surface area contributed by atoms with Gasteiger partial charge in [-0.3, -0.25) is 0 Å². The Morgan fingerprint density at radius 1 is 0.875 bits per heavy atom. The highest BCUT2D eigenvalue weighted by atomic mass is 19.3. The monoisotopic (exact) mass is 335 g/mol. The van der Waals surface area contributed by atoms with Gasteiger partial charge in [0.1, 0.15) is 0 Å². The zero-order valence-corrected chi connectivity index (χ0v) is 14.6. The summed E-state index contributed by atoms with van der Waals surface area (Å²) in [7, 11) is 3.73. The highest BCUT2D eigenvalue weighted by Crippen LogP contribution is 2.27. The van der Waals surface area contributed by atoms with Crippen molar-refractivity contribution >= 4 is 0 Å². The van der Waals surface area contributed by atoms with Crippen molar-refractivity contribution in [2.75, 3.05) is 14.1 Å². The highest BCUT2D eigenvalue weighted by Gasteiger charge is 2.23. The molecule has 0 saturated heterocycles. The van der Waals surface area contributed by atoms with Gasteiger partial charge in [0.15, 0.2) is 0 Å². The minimum Gasteiger partial charge on any atom is -0.326 e. The standard InChI is InChI=1S/C10H13F2N.C9H14N2/c1-10(11,12)9-5-3-4-8(6-9)7-13-2;1-11-7-9-4-2-3-8(5-9)6-10/h3-6,13H,7H2,1-2H3;2-5,11H,6-7,10H2,1H3. The van der Waals surface area contributed by atoms with Crippen LogP contribution in [0.2, 0.25) is 0 Å². The van der Waals surface area contributed by atoms with Crippen molar-refractivity contribution in [3.05, 3.63) is 70.8 Å². The first-order valence-electron chi connectivity index (χ1n) is 7.95. The van der Waals surface area contributed by atoms with Crippen LogP contribution in [0.25, 0.3) is 0 Å². The summed E-state index contributed by atoms with van der Waals surface area (Å²) in [5.74, 6) is -2.75. The van der Waals surface area contributed by atoms with E-state index in [2.05, 4.69) is 22.8 Å². The molecule has 4 N–H and O–H groups in total. The number of hydrogen-bond donors (Lipinski definition) is 3. The molecule has 3 nitrogen and oxygen atoms in total. The topological polar surface area (TPSA) is 50.1 Å². The van der Waals surface area contributed by atoms with Crippen LogP contribution in [0, 0.1) is 0 Å². The molecule has 0 aliphatic heterocycles. The molecule has 0 atom stereocenters. The normalized spacial score (nSPS) is 10.9. The Labute approximate surface area is 143 Å². The number of benzene rings is 2. The van der Waals surface area contributed by atoms with Crippen LogP contribution >= 0.6 is 0 Å². The van der Waals surface area contributed by atoms with Crippen LogP contribution in [0.3, 0.4) is 0 Å². The fourth-order valence-corrected chi connectivity index (χ4v) is 2.23. The Balaban J connectivity index is 0.000000243. The summed E-state index contributed by atoms with van der Waals surface area (Å²) in [6, 6.07) is 14.7. The van der Waals surface area contributed by atoms with Gasteiger partial charge in [0.2, 0.25) is 0 Å². The van der Waals surface area contributed by atoms with E-state index in [4.69, 9.17) is 5.73 Å². The first-order chi connectivity index (χ1) is 11.4. The quantitative estimate of drug-likeness (QED) is 0.758. The molecular formula is C19H27F2N3. The smallest absolute Gasteiger partial charge is 0.270 e. The average Bonchev–Trinajstić information content (AvgIpc) is 2.56. The highest BCUT2D eigenvalue weighted by molar-refractivity contribution is 5.26. The van der Waals surface area contributed by atoms with Crippen molar-refractivity contribution in [3.63, 3.8) is 0 Å². The Morgan fingerprint density at radius 2 is 1.38 bits per heavy atom. The Hall–Kier alpha value is -1.82. The van der Waals surface area contributed by atoms with E-state index < -0.39 is 5.92 Å². The third-order valence-corrected chi connectivity index (χ3v) is 3.42. The van der Waals surface area contributed by atoms with Crippen LogP contribution in [0.4, 0.5) is 8.78 Å². The van der Waals surface area contributed by atoms with Crippen molar-refractivity contribution in [1.29, 1.82) is 0 Å². The first-order valence-corrected chi connectivity index (χ1v) is 7.95. The fourth-order valence-electron chi connectivity index (χ4n) is 2.23. The summed E-state index contributed by atoms with van der Waals surface area (Å²) in [4.78, 5) is 0. The van der Waals surface area contributed by atoms with E-state index in [0.717, 1.165) is 19.0 Å². The van der Waals surface area contributed by atoms with Crippen molar-refractivity contribution in [1.82, 2.24) is 10.6 Å². The summed E-state index contributed by atoms with van der Waals surface area (Å²) >= 11 is 0. The molecule has 24 heavy (non-hydrogen) atoms. The van der Waals surface area contributed by atoms with E-state index in [0.29, 0.717) is 13.1 Å². The van der Waals surface area contributed by atoms with E-state index in [1.165, 1.54) is 23.3 Å². The Kier molecular flexibility index (Phi) is 8.54. The molecule has 0 radical (unpaired) electrons. The maximum absolute atomic E-state index is 12.9. The SMILES string of the molecule is CNCc1cccc(C(C)(F)F)c1.CNCc1cccc(CN)c1. The van der Waals surface area contributed by atoms with Gasteiger partial charge in [0, 0.05) is 32.1 Å². The zero-order valence-electron chi connectivity index (χ0n) is 14.6. The molecule has 0 saturated carbocycles. The Bertz CT molecular complexity index is 610. The van der Waals surface area contributed by atoms with Crippen LogP contribution in [-0.4, -0.2) is 14.1 Å². The molecule has 5 heteroatoms. The lowest BCUT2D eigenvalue weighted by molar-refractivity contribution is 0.0174. The predicted molar refractivity (Wildman–Crippen MR) is 95.9 cm³/mol. The summed E-state index contributed by atoms with van der Waals surface area (Å²) in [6.45, 7) is 3.06. The van der Waals surface area contributed by atoms with Gasteiger partial charge in [-0.1, -0.05) is 42.5 Å². The van der Waals surface area contributed by atoms with Crippen molar-refractivity contribution < 1.29 is 8.78 Å². The first kappa shape index (κ1) is 20.2. The minimum absolute atomic E-state index is 0.0697. The van der Waals surface area contributed by atoms with Gasteiger partial charge >= 0.3 is 0 Å². The van der Waals surface area contributed by atoms with Crippen molar-refractivity contribution in [2.45, 2.75) is 32.5 Å². The molecule has 0 bridgehead atoms. The molecule has 132 valence electrons. The van der Waals surface area contributed by atoms with Gasteiger partial charge in [0.05, 0.1) is 0 Å². The molecule has 0 aliphatic rings. The molecular weight excluding hydrogens is 308 g/mol. The summed E-state index contributed by atoms with van der Waals surface area (Å²) in [6.07, 6.45) is 0. The lowest BCUT2D eigenvalue weighted by Gasteiger charge is -2.11. The van der Waals surface area contributed by atoms with Gasteiger partial charge in [0.25, 0.3) is 5.92 Å². The second kappa shape index (κ2) is 10.1.